The van der Waals surface area contributed by atoms with E-state index in [-0.39, 0.29) is 6.54 Å². The Balaban J connectivity index is 1.91. The van der Waals surface area contributed by atoms with Gasteiger partial charge in [-0.1, -0.05) is 30.8 Å². The molecule has 0 saturated carbocycles. The lowest BCUT2D eigenvalue weighted by Gasteiger charge is -2.27. The second-order valence-corrected chi connectivity index (χ2v) is 8.07. The van der Waals surface area contributed by atoms with Gasteiger partial charge in [-0.2, -0.15) is 0 Å². The van der Waals surface area contributed by atoms with Crippen molar-refractivity contribution in [1.29, 1.82) is 0 Å². The van der Waals surface area contributed by atoms with Crippen LogP contribution in [-0.2, 0) is 31.9 Å². The number of hydrogen-bond donors (Lipinski definition) is 1. The number of benzene rings is 1. The summed E-state index contributed by atoms with van der Waals surface area (Å²) < 4.78 is 24.8. The number of carbonyl (C=O) groups excluding carboxylic acids is 1. The van der Waals surface area contributed by atoms with Gasteiger partial charge in [0, 0.05) is 5.57 Å². The Kier molecular flexibility index (Phi) is 5.16. The summed E-state index contributed by atoms with van der Waals surface area (Å²) in [5.74, 6) is -0.525. The van der Waals surface area contributed by atoms with E-state index in [4.69, 9.17) is 9.47 Å². The van der Waals surface area contributed by atoms with Crippen molar-refractivity contribution >= 4 is 22.5 Å². The fourth-order valence-electron chi connectivity index (χ4n) is 1.96. The SMILES string of the molecule is C=C1c2ccccc2COC1OC(=O)CNS(=O)C(C)(C)C. The Hall–Kier alpha value is -1.50. The van der Waals surface area contributed by atoms with Gasteiger partial charge in [0.15, 0.2) is 0 Å². The van der Waals surface area contributed by atoms with Crippen LogP contribution in [0.25, 0.3) is 5.57 Å². The van der Waals surface area contributed by atoms with Crippen LogP contribution < -0.4 is 4.72 Å². The van der Waals surface area contributed by atoms with Crippen molar-refractivity contribution in [3.63, 3.8) is 0 Å². The maximum Gasteiger partial charge on any atom is 0.323 e. The van der Waals surface area contributed by atoms with E-state index in [0.29, 0.717) is 12.2 Å². The number of esters is 1. The Morgan fingerprint density at radius 1 is 1.45 bits per heavy atom. The van der Waals surface area contributed by atoms with Gasteiger partial charge in [0.25, 0.3) is 0 Å². The molecule has 2 unspecified atom stereocenters. The first-order chi connectivity index (χ1) is 10.3. The van der Waals surface area contributed by atoms with Crippen LogP contribution in [0.2, 0.25) is 0 Å². The van der Waals surface area contributed by atoms with E-state index in [1.54, 1.807) is 0 Å². The quantitative estimate of drug-likeness (QED) is 0.862. The van der Waals surface area contributed by atoms with Gasteiger partial charge in [-0.25, -0.2) is 8.93 Å². The third-order valence-electron chi connectivity index (χ3n) is 3.18. The summed E-state index contributed by atoms with van der Waals surface area (Å²) in [5, 5.41) is 0. The smallest absolute Gasteiger partial charge is 0.323 e. The molecule has 1 N–H and O–H groups in total. The molecule has 0 spiro atoms. The minimum Gasteiger partial charge on any atom is -0.430 e. The molecule has 5 nitrogen and oxygen atoms in total. The highest BCUT2D eigenvalue weighted by Gasteiger charge is 2.27. The number of ether oxygens (including phenoxy) is 2. The summed E-state index contributed by atoms with van der Waals surface area (Å²) in [6, 6.07) is 7.70. The molecule has 0 aromatic heterocycles. The van der Waals surface area contributed by atoms with Gasteiger partial charge in [0.05, 0.1) is 22.3 Å². The first kappa shape index (κ1) is 16.9. The zero-order valence-corrected chi connectivity index (χ0v) is 13.9. The van der Waals surface area contributed by atoms with Crippen LogP contribution in [0, 0.1) is 0 Å². The number of carbonyl (C=O) groups is 1. The van der Waals surface area contributed by atoms with Gasteiger partial charge >= 0.3 is 5.97 Å². The minimum atomic E-state index is -1.32. The fraction of sp³-hybridized carbons (Fsp3) is 0.438. The average Bonchev–Trinajstić information content (AvgIpc) is 2.47. The molecular weight excluding hydrogens is 302 g/mol. The van der Waals surface area contributed by atoms with Crippen molar-refractivity contribution in [3.05, 3.63) is 42.0 Å². The number of fused-ring (bicyclic) bond motifs is 1. The van der Waals surface area contributed by atoms with E-state index in [2.05, 4.69) is 11.3 Å². The van der Waals surface area contributed by atoms with Crippen LogP contribution in [-0.4, -0.2) is 27.8 Å². The molecular formula is C16H21NO4S. The normalized spacial score (nSPS) is 19.4. The number of nitrogens with one attached hydrogen (secondary N) is 1. The van der Waals surface area contributed by atoms with Crippen molar-refractivity contribution in [3.8, 4) is 0 Å². The van der Waals surface area contributed by atoms with E-state index in [9.17, 15) is 9.00 Å². The average molecular weight is 323 g/mol. The molecule has 2 rings (SSSR count). The van der Waals surface area contributed by atoms with Crippen molar-refractivity contribution in [2.24, 2.45) is 0 Å². The van der Waals surface area contributed by atoms with E-state index in [1.807, 2.05) is 45.0 Å². The Morgan fingerprint density at radius 2 is 2.14 bits per heavy atom. The van der Waals surface area contributed by atoms with Crippen LogP contribution >= 0.6 is 0 Å². The Bertz CT molecular complexity index is 606. The number of hydrogen-bond acceptors (Lipinski definition) is 4. The zero-order valence-electron chi connectivity index (χ0n) is 13.0. The second-order valence-electron chi connectivity index (χ2n) is 6.02. The van der Waals surface area contributed by atoms with Crippen molar-refractivity contribution in [1.82, 2.24) is 4.72 Å². The topological polar surface area (TPSA) is 64.6 Å². The molecule has 22 heavy (non-hydrogen) atoms. The highest BCUT2D eigenvalue weighted by molar-refractivity contribution is 7.84. The molecule has 1 aliphatic heterocycles. The molecule has 0 amide bonds. The van der Waals surface area contributed by atoms with Gasteiger partial charge < -0.3 is 9.47 Å². The molecule has 0 radical (unpaired) electrons. The first-order valence-electron chi connectivity index (χ1n) is 7.02. The van der Waals surface area contributed by atoms with Crippen LogP contribution in [0.1, 0.15) is 31.9 Å². The maximum absolute atomic E-state index is 11.9. The second kappa shape index (κ2) is 6.73. The van der Waals surface area contributed by atoms with Gasteiger partial charge in [-0.05, 0) is 31.9 Å². The lowest BCUT2D eigenvalue weighted by molar-refractivity contribution is -0.168. The summed E-state index contributed by atoms with van der Waals surface area (Å²) in [6.07, 6.45) is -0.799. The maximum atomic E-state index is 11.9. The molecule has 1 aliphatic rings. The van der Waals surface area contributed by atoms with Crippen LogP contribution in [0.4, 0.5) is 0 Å². The molecule has 120 valence electrons. The molecule has 0 bridgehead atoms. The number of rotatable bonds is 4. The molecule has 2 atom stereocenters. The van der Waals surface area contributed by atoms with Crippen molar-refractivity contribution in [2.75, 3.05) is 6.54 Å². The predicted octanol–water partition coefficient (Wildman–Crippen LogP) is 2.15. The highest BCUT2D eigenvalue weighted by atomic mass is 32.2. The Labute approximate surface area is 133 Å². The monoisotopic (exact) mass is 323 g/mol. The van der Waals surface area contributed by atoms with Crippen LogP contribution in [0.15, 0.2) is 30.8 Å². The van der Waals surface area contributed by atoms with Crippen LogP contribution in [0.3, 0.4) is 0 Å². The van der Waals surface area contributed by atoms with Gasteiger partial charge in [0.1, 0.15) is 6.54 Å². The summed E-state index contributed by atoms with van der Waals surface area (Å²) >= 11 is 0. The third kappa shape index (κ3) is 4.03. The van der Waals surface area contributed by atoms with Crippen LogP contribution in [0.5, 0.6) is 0 Å². The fourth-order valence-corrected chi connectivity index (χ4v) is 2.64. The zero-order chi connectivity index (χ0) is 16.3. The molecule has 6 heteroatoms. The molecule has 0 saturated heterocycles. The first-order valence-corrected chi connectivity index (χ1v) is 8.17. The highest BCUT2D eigenvalue weighted by Crippen LogP contribution is 2.29. The summed E-state index contributed by atoms with van der Waals surface area (Å²) in [4.78, 5) is 11.9. The molecule has 1 heterocycles. The standard InChI is InChI=1S/C16H21NO4S/c1-11-13-8-6-5-7-12(13)10-20-15(11)21-14(18)9-17-22(19)16(2,3)4/h5-8,15,17H,1,9-10H2,2-4H3. The van der Waals surface area contributed by atoms with E-state index in [1.165, 1.54) is 0 Å². The van der Waals surface area contributed by atoms with Gasteiger partial charge in [0.2, 0.25) is 6.29 Å². The molecule has 0 fully saturated rings. The van der Waals surface area contributed by atoms with Crippen molar-refractivity contribution in [2.45, 2.75) is 38.4 Å². The van der Waals surface area contributed by atoms with E-state index in [0.717, 1.165) is 11.1 Å². The lowest BCUT2D eigenvalue weighted by Crippen LogP contribution is -2.38. The summed E-state index contributed by atoms with van der Waals surface area (Å²) in [7, 11) is -1.32. The molecule has 1 aromatic carbocycles. The lowest BCUT2D eigenvalue weighted by atomic mass is 9.99. The molecule has 0 aliphatic carbocycles. The minimum absolute atomic E-state index is 0.140. The van der Waals surface area contributed by atoms with E-state index < -0.39 is 28.0 Å². The summed E-state index contributed by atoms with van der Waals surface area (Å²) in [5.41, 5.74) is 2.58. The molecule has 1 aromatic rings. The predicted molar refractivity (Wildman–Crippen MR) is 86.0 cm³/mol. The Morgan fingerprint density at radius 3 is 2.82 bits per heavy atom. The van der Waals surface area contributed by atoms with E-state index >= 15 is 0 Å². The van der Waals surface area contributed by atoms with Gasteiger partial charge in [-0.3, -0.25) is 4.79 Å². The van der Waals surface area contributed by atoms with Crippen molar-refractivity contribution < 1.29 is 18.5 Å². The largest absolute Gasteiger partial charge is 0.430 e. The van der Waals surface area contributed by atoms with Gasteiger partial charge in [-0.15, -0.1) is 0 Å². The summed E-state index contributed by atoms with van der Waals surface area (Å²) in [6.45, 7) is 9.64. The third-order valence-corrected chi connectivity index (χ3v) is 4.70.